The van der Waals surface area contributed by atoms with E-state index in [-0.39, 0.29) is 5.91 Å². The molecule has 0 saturated carbocycles. The van der Waals surface area contributed by atoms with Crippen LogP contribution >= 0.6 is 23.2 Å². The highest BCUT2D eigenvalue weighted by Crippen LogP contribution is 2.42. The van der Waals surface area contributed by atoms with Crippen molar-refractivity contribution in [1.82, 2.24) is 9.80 Å². The Hall–Kier alpha value is -1.75. The second-order valence-electron chi connectivity index (χ2n) is 8.05. The van der Waals surface area contributed by atoms with Gasteiger partial charge in [-0.15, -0.1) is 0 Å². The number of piperidine rings is 1. The quantitative estimate of drug-likeness (QED) is 0.692. The molecule has 0 spiro atoms. The van der Waals surface area contributed by atoms with E-state index < -0.39 is 0 Å². The number of likely N-dealkylation sites (tertiary alicyclic amines) is 2. The average molecular weight is 433 g/mol. The van der Waals surface area contributed by atoms with Crippen molar-refractivity contribution in [3.05, 3.63) is 63.6 Å². The van der Waals surface area contributed by atoms with Gasteiger partial charge in [0.15, 0.2) is 0 Å². The summed E-state index contributed by atoms with van der Waals surface area (Å²) < 4.78 is 5.31. The molecule has 154 valence electrons. The minimum Gasteiger partial charge on any atom is -0.497 e. The predicted molar refractivity (Wildman–Crippen MR) is 117 cm³/mol. The molecule has 2 heterocycles. The van der Waals surface area contributed by atoms with Gasteiger partial charge in [0.05, 0.1) is 17.2 Å². The summed E-state index contributed by atoms with van der Waals surface area (Å²) in [5.74, 6) is 1.79. The molecule has 0 aromatic heterocycles. The maximum absolute atomic E-state index is 12.3. The van der Waals surface area contributed by atoms with E-state index in [0.29, 0.717) is 27.9 Å². The minimum absolute atomic E-state index is 0.175. The lowest BCUT2D eigenvalue weighted by molar-refractivity contribution is -0.130. The van der Waals surface area contributed by atoms with Crippen LogP contribution in [0.5, 0.6) is 5.75 Å². The lowest BCUT2D eigenvalue weighted by atomic mass is 9.81. The van der Waals surface area contributed by atoms with Gasteiger partial charge in [-0.25, -0.2) is 0 Å². The van der Waals surface area contributed by atoms with Gasteiger partial charge in [-0.1, -0.05) is 41.4 Å². The summed E-state index contributed by atoms with van der Waals surface area (Å²) in [7, 11) is 1.68. The molecule has 0 N–H and O–H groups in total. The van der Waals surface area contributed by atoms with Crippen molar-refractivity contribution in [3.63, 3.8) is 0 Å². The van der Waals surface area contributed by atoms with Crippen molar-refractivity contribution in [2.45, 2.75) is 31.8 Å². The summed E-state index contributed by atoms with van der Waals surface area (Å²) in [5.41, 5.74) is 2.45. The molecule has 0 bridgehead atoms. The van der Waals surface area contributed by atoms with Gasteiger partial charge >= 0.3 is 0 Å². The van der Waals surface area contributed by atoms with Crippen LogP contribution in [0.2, 0.25) is 10.0 Å². The number of carbonyl (C=O) groups is 1. The predicted octanol–water partition coefficient (Wildman–Crippen LogP) is 4.84. The maximum atomic E-state index is 12.3. The van der Waals surface area contributed by atoms with Crippen LogP contribution in [0.3, 0.4) is 0 Å². The second-order valence-corrected chi connectivity index (χ2v) is 8.87. The van der Waals surface area contributed by atoms with Gasteiger partial charge in [-0.3, -0.25) is 9.69 Å². The van der Waals surface area contributed by atoms with Gasteiger partial charge in [0.25, 0.3) is 0 Å². The molecule has 0 unspecified atom stereocenters. The molecule has 29 heavy (non-hydrogen) atoms. The highest BCUT2D eigenvalue weighted by molar-refractivity contribution is 6.42. The number of hydrogen-bond acceptors (Lipinski definition) is 3. The number of ether oxygens (including phenoxy) is 1. The van der Waals surface area contributed by atoms with E-state index in [1.807, 2.05) is 30.3 Å². The van der Waals surface area contributed by atoms with Gasteiger partial charge in [-0.05, 0) is 41.8 Å². The Balaban J connectivity index is 1.54. The smallest absolute Gasteiger partial charge is 0.219 e. The number of nitrogens with zero attached hydrogens (tertiary/aromatic N) is 2. The molecule has 2 aromatic carbocycles. The number of halogens is 2. The largest absolute Gasteiger partial charge is 0.497 e. The monoisotopic (exact) mass is 432 g/mol. The average Bonchev–Trinajstić information content (AvgIpc) is 3.10. The Labute approximate surface area is 182 Å². The van der Waals surface area contributed by atoms with E-state index in [9.17, 15) is 4.79 Å². The Morgan fingerprint density at radius 3 is 2.52 bits per heavy atom. The fraction of sp³-hybridized carbons (Fsp3) is 0.435. The number of fused-ring (bicyclic) bond motifs is 1. The van der Waals surface area contributed by atoms with Crippen LogP contribution in [0.15, 0.2) is 42.5 Å². The highest BCUT2D eigenvalue weighted by atomic mass is 35.5. The standard InChI is InChI=1S/C23H26Cl2N2O2/c1-15(28)27-14-19(17-4-6-18(29-2)7-5-17)20-13-26(10-9-23(20)27)12-16-3-8-21(24)22(25)11-16/h3-8,11,19-20,23H,9-10,12-14H2,1-2H3/t19-,20-,23-/m1/s1. The number of amides is 1. The Morgan fingerprint density at radius 1 is 1.10 bits per heavy atom. The van der Waals surface area contributed by atoms with Crippen LogP contribution < -0.4 is 4.74 Å². The normalized spacial score (nSPS) is 24.4. The first-order valence-electron chi connectivity index (χ1n) is 10.0. The highest BCUT2D eigenvalue weighted by Gasteiger charge is 2.46. The first-order chi connectivity index (χ1) is 14.0. The van der Waals surface area contributed by atoms with E-state index >= 15 is 0 Å². The van der Waals surface area contributed by atoms with Crippen molar-refractivity contribution >= 4 is 29.1 Å². The lowest BCUT2D eigenvalue weighted by Gasteiger charge is -2.39. The number of hydrogen-bond donors (Lipinski definition) is 0. The number of methoxy groups -OCH3 is 1. The molecule has 2 aliphatic heterocycles. The first-order valence-corrected chi connectivity index (χ1v) is 10.8. The topological polar surface area (TPSA) is 32.8 Å². The zero-order chi connectivity index (χ0) is 20.5. The van der Waals surface area contributed by atoms with Crippen LogP contribution in [-0.2, 0) is 11.3 Å². The zero-order valence-corrected chi connectivity index (χ0v) is 18.3. The van der Waals surface area contributed by atoms with Gasteiger partial charge in [0.1, 0.15) is 5.75 Å². The van der Waals surface area contributed by atoms with Crippen molar-refractivity contribution in [1.29, 1.82) is 0 Å². The van der Waals surface area contributed by atoms with E-state index in [0.717, 1.165) is 38.3 Å². The van der Waals surface area contributed by atoms with Gasteiger partial charge in [0.2, 0.25) is 5.91 Å². The van der Waals surface area contributed by atoms with Crippen molar-refractivity contribution in [2.24, 2.45) is 5.92 Å². The van der Waals surface area contributed by atoms with Crippen molar-refractivity contribution in [2.75, 3.05) is 26.7 Å². The Bertz CT molecular complexity index is 887. The molecule has 4 nitrogen and oxygen atoms in total. The third-order valence-electron chi connectivity index (χ3n) is 6.35. The van der Waals surface area contributed by atoms with Crippen LogP contribution in [0.25, 0.3) is 0 Å². The summed E-state index contributed by atoms with van der Waals surface area (Å²) in [6.45, 7) is 5.26. The van der Waals surface area contributed by atoms with Crippen LogP contribution in [0.1, 0.15) is 30.4 Å². The van der Waals surface area contributed by atoms with Gasteiger partial charge < -0.3 is 9.64 Å². The van der Waals surface area contributed by atoms with Gasteiger partial charge in [0, 0.05) is 51.0 Å². The van der Waals surface area contributed by atoms with E-state index in [1.165, 1.54) is 11.1 Å². The molecule has 1 amide bonds. The fourth-order valence-corrected chi connectivity index (χ4v) is 5.23. The second kappa shape index (κ2) is 8.55. The summed E-state index contributed by atoms with van der Waals surface area (Å²) in [5, 5.41) is 1.18. The van der Waals surface area contributed by atoms with Crippen LogP contribution in [0, 0.1) is 5.92 Å². The summed E-state index contributed by atoms with van der Waals surface area (Å²) in [6.07, 6.45) is 0.998. The molecule has 0 radical (unpaired) electrons. The number of carbonyl (C=O) groups excluding carboxylic acids is 1. The Kier molecular flexibility index (Phi) is 6.05. The molecule has 0 aliphatic carbocycles. The van der Waals surface area contributed by atoms with E-state index in [4.69, 9.17) is 27.9 Å². The zero-order valence-electron chi connectivity index (χ0n) is 16.8. The molecule has 3 atom stereocenters. The SMILES string of the molecule is COc1ccc([C@H]2CN(C(C)=O)[C@@H]3CCN(Cc4ccc(Cl)c(Cl)c4)C[C@H]23)cc1. The molecule has 6 heteroatoms. The van der Waals surface area contributed by atoms with E-state index in [2.05, 4.69) is 21.9 Å². The lowest BCUT2D eigenvalue weighted by Crippen LogP contribution is -2.47. The van der Waals surface area contributed by atoms with Crippen LogP contribution in [0.4, 0.5) is 0 Å². The molecular formula is C23H26Cl2N2O2. The van der Waals surface area contributed by atoms with Gasteiger partial charge in [-0.2, -0.15) is 0 Å². The molecule has 2 aliphatic rings. The first kappa shape index (κ1) is 20.5. The minimum atomic E-state index is 0.175. The van der Waals surface area contributed by atoms with Crippen LogP contribution in [-0.4, -0.2) is 48.5 Å². The molecule has 2 fully saturated rings. The molecule has 2 aromatic rings. The third kappa shape index (κ3) is 4.25. The fourth-order valence-electron chi connectivity index (χ4n) is 4.91. The molecular weight excluding hydrogens is 407 g/mol. The molecule has 2 saturated heterocycles. The maximum Gasteiger partial charge on any atom is 0.219 e. The van der Waals surface area contributed by atoms with Crippen molar-refractivity contribution < 1.29 is 9.53 Å². The molecule has 4 rings (SSSR count). The summed E-state index contributed by atoms with van der Waals surface area (Å²) in [6, 6.07) is 14.5. The summed E-state index contributed by atoms with van der Waals surface area (Å²) >= 11 is 12.3. The number of benzene rings is 2. The number of rotatable bonds is 4. The van der Waals surface area contributed by atoms with E-state index in [1.54, 1.807) is 14.0 Å². The Morgan fingerprint density at radius 2 is 1.86 bits per heavy atom. The summed E-state index contributed by atoms with van der Waals surface area (Å²) in [4.78, 5) is 16.8. The third-order valence-corrected chi connectivity index (χ3v) is 7.09. The van der Waals surface area contributed by atoms with Crippen molar-refractivity contribution in [3.8, 4) is 5.75 Å².